The number of nitrogens with zero attached hydrogens (tertiary/aromatic N) is 1. The Bertz CT molecular complexity index is 291. The molecule has 1 fully saturated rings. The van der Waals surface area contributed by atoms with Gasteiger partial charge < -0.3 is 9.64 Å². The fraction of sp³-hybridized carbons (Fsp3) is 0.667. The molecule has 0 aliphatic carbocycles. The largest absolute Gasteiger partial charge is 0.461 e. The molecule has 0 N–H and O–H groups in total. The molecule has 0 aromatic carbocycles. The summed E-state index contributed by atoms with van der Waals surface area (Å²) in [7, 11) is 0. The lowest BCUT2D eigenvalue weighted by atomic mass is 10.3. The van der Waals surface area contributed by atoms with E-state index in [4.69, 9.17) is 4.74 Å². The highest BCUT2D eigenvalue weighted by Crippen LogP contribution is 2.13. The van der Waals surface area contributed by atoms with Crippen LogP contribution in [0.4, 0.5) is 0 Å². The van der Waals surface area contributed by atoms with Crippen LogP contribution in [0.3, 0.4) is 0 Å². The number of ether oxygens (including phenoxy) is 1. The zero-order chi connectivity index (χ0) is 12.0. The Kier molecular flexibility index (Phi) is 5.02. The Morgan fingerprint density at radius 2 is 1.88 bits per heavy atom. The third-order valence-electron chi connectivity index (χ3n) is 2.62. The summed E-state index contributed by atoms with van der Waals surface area (Å²) in [5.74, 6) is -0.608. The van der Waals surface area contributed by atoms with Crippen molar-refractivity contribution in [2.45, 2.75) is 33.1 Å². The highest BCUT2D eigenvalue weighted by Gasteiger charge is 2.11. The van der Waals surface area contributed by atoms with Gasteiger partial charge in [0.25, 0.3) is 0 Å². The number of rotatable bonds is 5. The maximum Gasteiger partial charge on any atom is 0.313 e. The lowest BCUT2D eigenvalue weighted by Gasteiger charge is -2.17. The average Bonchev–Trinajstić information content (AvgIpc) is 2.68. The number of esters is 1. The Labute approximate surface area is 96.3 Å². The van der Waals surface area contributed by atoms with Gasteiger partial charge in [0.1, 0.15) is 18.8 Å². The molecular formula is C12H19NO3. The van der Waals surface area contributed by atoms with Crippen molar-refractivity contribution in [2.24, 2.45) is 0 Å². The van der Waals surface area contributed by atoms with Crippen molar-refractivity contribution in [3.8, 4) is 0 Å². The third kappa shape index (κ3) is 4.47. The summed E-state index contributed by atoms with van der Waals surface area (Å²) in [6.45, 7) is 5.83. The van der Waals surface area contributed by atoms with E-state index in [2.05, 4.69) is 4.90 Å². The highest BCUT2D eigenvalue weighted by molar-refractivity contribution is 5.94. The maximum atomic E-state index is 11.1. The van der Waals surface area contributed by atoms with E-state index >= 15 is 0 Å². The number of hydrogen-bond donors (Lipinski definition) is 0. The molecule has 4 nitrogen and oxygen atoms in total. The lowest BCUT2D eigenvalue weighted by Crippen LogP contribution is -2.17. The molecular weight excluding hydrogens is 206 g/mol. The van der Waals surface area contributed by atoms with Crippen molar-refractivity contribution in [3.63, 3.8) is 0 Å². The molecule has 16 heavy (non-hydrogen) atoms. The van der Waals surface area contributed by atoms with Gasteiger partial charge in [0.05, 0.1) is 0 Å². The van der Waals surface area contributed by atoms with Crippen molar-refractivity contribution in [3.05, 3.63) is 11.8 Å². The first kappa shape index (κ1) is 12.7. The van der Waals surface area contributed by atoms with Gasteiger partial charge in [0, 0.05) is 18.8 Å². The monoisotopic (exact) mass is 225 g/mol. The van der Waals surface area contributed by atoms with Crippen LogP contribution in [0.5, 0.6) is 0 Å². The predicted octanol–water partition coefficient (Wildman–Crippen LogP) is 1.51. The van der Waals surface area contributed by atoms with Crippen LogP contribution in [0.2, 0.25) is 0 Å². The molecule has 0 bridgehead atoms. The summed E-state index contributed by atoms with van der Waals surface area (Å²) >= 11 is 0. The van der Waals surface area contributed by atoms with Crippen LogP contribution in [0, 0.1) is 0 Å². The summed E-state index contributed by atoms with van der Waals surface area (Å²) < 4.78 is 4.92. The molecule has 0 aromatic rings. The van der Waals surface area contributed by atoms with Gasteiger partial charge in [-0.3, -0.25) is 9.59 Å². The Morgan fingerprint density at radius 3 is 2.44 bits per heavy atom. The fourth-order valence-electron chi connectivity index (χ4n) is 1.71. The summed E-state index contributed by atoms with van der Waals surface area (Å²) in [6, 6.07) is 0. The summed E-state index contributed by atoms with van der Waals surface area (Å²) in [5, 5.41) is 0. The van der Waals surface area contributed by atoms with E-state index in [9.17, 15) is 9.59 Å². The van der Waals surface area contributed by atoms with E-state index in [-0.39, 0.29) is 18.8 Å². The van der Waals surface area contributed by atoms with Crippen molar-refractivity contribution in [1.82, 2.24) is 4.90 Å². The molecule has 1 aliphatic rings. The molecule has 1 rings (SSSR count). The van der Waals surface area contributed by atoms with E-state index in [0.29, 0.717) is 0 Å². The van der Waals surface area contributed by atoms with E-state index in [1.54, 1.807) is 0 Å². The Morgan fingerprint density at radius 1 is 1.25 bits per heavy atom. The molecule has 0 atom stereocenters. The van der Waals surface area contributed by atoms with Crippen LogP contribution in [-0.4, -0.2) is 36.3 Å². The van der Waals surface area contributed by atoms with Crippen molar-refractivity contribution < 1.29 is 14.3 Å². The van der Waals surface area contributed by atoms with Crippen LogP contribution in [-0.2, 0) is 14.3 Å². The summed E-state index contributed by atoms with van der Waals surface area (Å²) in [6.07, 6.45) is 4.23. The minimum absolute atomic E-state index is 0.128. The van der Waals surface area contributed by atoms with Gasteiger partial charge >= 0.3 is 5.97 Å². The maximum absolute atomic E-state index is 11.1. The van der Waals surface area contributed by atoms with Gasteiger partial charge in [-0.1, -0.05) is 0 Å². The molecule has 0 unspecified atom stereocenters. The van der Waals surface area contributed by atoms with E-state index in [1.807, 2.05) is 13.0 Å². The van der Waals surface area contributed by atoms with Crippen molar-refractivity contribution in [2.75, 3.05) is 19.7 Å². The van der Waals surface area contributed by atoms with Gasteiger partial charge in [0.15, 0.2) is 0 Å². The third-order valence-corrected chi connectivity index (χ3v) is 2.62. The number of allylic oxidation sites excluding steroid dienone is 1. The van der Waals surface area contributed by atoms with Crippen LogP contribution >= 0.6 is 0 Å². The van der Waals surface area contributed by atoms with Crippen molar-refractivity contribution >= 4 is 11.8 Å². The summed E-state index contributed by atoms with van der Waals surface area (Å²) in [4.78, 5) is 24.0. The molecule has 1 aliphatic heterocycles. The lowest BCUT2D eigenvalue weighted by molar-refractivity contribution is -0.144. The van der Waals surface area contributed by atoms with Gasteiger partial charge in [-0.2, -0.15) is 0 Å². The van der Waals surface area contributed by atoms with E-state index in [1.165, 1.54) is 19.8 Å². The topological polar surface area (TPSA) is 46.6 Å². The molecule has 1 saturated heterocycles. The molecule has 0 aromatic heterocycles. The second-order valence-corrected chi connectivity index (χ2v) is 4.10. The van der Waals surface area contributed by atoms with Crippen molar-refractivity contribution in [1.29, 1.82) is 0 Å². The molecule has 1 heterocycles. The normalized spacial score (nSPS) is 16.4. The molecule has 0 spiro atoms. The first-order valence-corrected chi connectivity index (χ1v) is 5.66. The standard InChI is InChI=1S/C12H19NO3/c1-10(13-6-3-4-7-13)5-8-16-12(15)9-11(2)14/h5H,3-4,6-9H2,1-2H3. The van der Waals surface area contributed by atoms with E-state index < -0.39 is 5.97 Å². The number of likely N-dealkylation sites (tertiary alicyclic amines) is 1. The summed E-state index contributed by atoms with van der Waals surface area (Å²) in [5.41, 5.74) is 1.15. The minimum Gasteiger partial charge on any atom is -0.461 e. The number of hydrogen-bond acceptors (Lipinski definition) is 4. The Hall–Kier alpha value is -1.32. The molecule has 0 saturated carbocycles. The Balaban J connectivity index is 2.24. The van der Waals surface area contributed by atoms with Crippen LogP contribution in [0.1, 0.15) is 33.1 Å². The number of Topliss-reactive ketones (excluding diaryl/α,β-unsaturated/α-hetero) is 1. The van der Waals surface area contributed by atoms with Gasteiger partial charge in [-0.05, 0) is 32.8 Å². The SMILES string of the molecule is CC(=O)CC(=O)OCC=C(C)N1CCCC1. The second kappa shape index (κ2) is 6.30. The van der Waals surface area contributed by atoms with Gasteiger partial charge in [-0.15, -0.1) is 0 Å². The smallest absolute Gasteiger partial charge is 0.313 e. The zero-order valence-corrected chi connectivity index (χ0v) is 9.99. The molecule has 4 heteroatoms. The van der Waals surface area contributed by atoms with Crippen LogP contribution in [0.25, 0.3) is 0 Å². The minimum atomic E-state index is -0.446. The zero-order valence-electron chi connectivity index (χ0n) is 9.99. The fourth-order valence-corrected chi connectivity index (χ4v) is 1.71. The average molecular weight is 225 g/mol. The van der Waals surface area contributed by atoms with E-state index in [0.717, 1.165) is 18.8 Å². The van der Waals surface area contributed by atoms with Gasteiger partial charge in [0.2, 0.25) is 0 Å². The number of carbonyl (C=O) groups is 2. The number of carbonyl (C=O) groups excluding carboxylic acids is 2. The first-order valence-electron chi connectivity index (χ1n) is 5.66. The quantitative estimate of drug-likeness (QED) is 0.525. The molecule has 0 amide bonds. The first-order chi connectivity index (χ1) is 7.59. The predicted molar refractivity (Wildman–Crippen MR) is 60.8 cm³/mol. The van der Waals surface area contributed by atoms with Crippen LogP contribution in [0.15, 0.2) is 11.8 Å². The molecule has 90 valence electrons. The van der Waals surface area contributed by atoms with Crippen LogP contribution < -0.4 is 0 Å². The number of ketones is 1. The molecule has 0 radical (unpaired) electrons. The highest BCUT2D eigenvalue weighted by atomic mass is 16.5. The second-order valence-electron chi connectivity index (χ2n) is 4.10. The van der Waals surface area contributed by atoms with Gasteiger partial charge in [-0.25, -0.2) is 0 Å².